The second-order valence-electron chi connectivity index (χ2n) is 4.69. The zero-order valence-electron chi connectivity index (χ0n) is 11.4. The summed E-state index contributed by atoms with van der Waals surface area (Å²) in [6.45, 7) is 2.98. The molecule has 1 atom stereocenters. The number of aromatic nitrogens is 1. The van der Waals surface area contributed by atoms with Crippen molar-refractivity contribution in [2.45, 2.75) is 25.8 Å². The third kappa shape index (κ3) is 3.78. The number of nitrogens with one attached hydrogen (secondary N) is 1. The highest BCUT2D eigenvalue weighted by Gasteiger charge is 2.16. The van der Waals surface area contributed by atoms with E-state index in [9.17, 15) is 4.39 Å². The van der Waals surface area contributed by atoms with Crippen molar-refractivity contribution < 1.29 is 4.39 Å². The van der Waals surface area contributed by atoms with Crippen molar-refractivity contribution in [3.63, 3.8) is 0 Å². The number of hydrogen-bond donors (Lipinski definition) is 1. The Morgan fingerprint density at radius 2 is 2.00 bits per heavy atom. The van der Waals surface area contributed by atoms with Crippen molar-refractivity contribution in [3.05, 3.63) is 64.7 Å². The summed E-state index contributed by atoms with van der Waals surface area (Å²) in [6, 6.07) is 8.73. The molecular weight excluding hydrogens is 275 g/mol. The lowest BCUT2D eigenvalue weighted by atomic mass is 9.99. The molecule has 0 aliphatic heterocycles. The van der Waals surface area contributed by atoms with Crippen LogP contribution < -0.4 is 5.32 Å². The topological polar surface area (TPSA) is 24.9 Å². The SMILES string of the molecule is CCCNC(Cc1c(F)cccc1Cl)c1ccncc1. The van der Waals surface area contributed by atoms with Crippen LogP contribution >= 0.6 is 11.6 Å². The van der Waals surface area contributed by atoms with Crippen molar-refractivity contribution in [3.8, 4) is 0 Å². The first-order valence-electron chi connectivity index (χ1n) is 6.78. The van der Waals surface area contributed by atoms with Crippen molar-refractivity contribution in [2.24, 2.45) is 0 Å². The highest BCUT2D eigenvalue weighted by molar-refractivity contribution is 6.31. The Morgan fingerprint density at radius 1 is 1.25 bits per heavy atom. The van der Waals surface area contributed by atoms with E-state index in [-0.39, 0.29) is 11.9 Å². The average molecular weight is 293 g/mol. The fourth-order valence-corrected chi connectivity index (χ4v) is 2.39. The van der Waals surface area contributed by atoms with Gasteiger partial charge >= 0.3 is 0 Å². The van der Waals surface area contributed by atoms with Crippen LogP contribution in [0.25, 0.3) is 0 Å². The van der Waals surface area contributed by atoms with Crippen LogP contribution in [-0.4, -0.2) is 11.5 Å². The molecule has 1 aromatic heterocycles. The fraction of sp³-hybridized carbons (Fsp3) is 0.312. The molecule has 1 aromatic carbocycles. The molecule has 2 nitrogen and oxygen atoms in total. The minimum Gasteiger partial charge on any atom is -0.310 e. The minimum absolute atomic E-state index is 0.0346. The van der Waals surface area contributed by atoms with Gasteiger partial charge in [-0.3, -0.25) is 4.98 Å². The van der Waals surface area contributed by atoms with Gasteiger partial charge in [0.2, 0.25) is 0 Å². The van der Waals surface area contributed by atoms with Gasteiger partial charge in [0.15, 0.2) is 0 Å². The lowest BCUT2D eigenvalue weighted by molar-refractivity contribution is 0.513. The molecule has 0 aliphatic rings. The third-order valence-corrected chi connectivity index (χ3v) is 3.57. The number of rotatable bonds is 6. The van der Waals surface area contributed by atoms with Crippen LogP contribution in [0.2, 0.25) is 5.02 Å². The van der Waals surface area contributed by atoms with Crippen LogP contribution in [0.15, 0.2) is 42.7 Å². The zero-order chi connectivity index (χ0) is 14.4. The number of nitrogens with zero attached hydrogens (tertiary/aromatic N) is 1. The van der Waals surface area contributed by atoms with E-state index in [4.69, 9.17) is 11.6 Å². The first kappa shape index (κ1) is 14.9. The van der Waals surface area contributed by atoms with Crippen molar-refractivity contribution >= 4 is 11.6 Å². The Balaban J connectivity index is 2.24. The van der Waals surface area contributed by atoms with Gasteiger partial charge in [0, 0.05) is 29.0 Å². The van der Waals surface area contributed by atoms with E-state index in [2.05, 4.69) is 17.2 Å². The maximum Gasteiger partial charge on any atom is 0.127 e. The second kappa shape index (κ2) is 7.36. The maximum atomic E-state index is 13.9. The molecule has 0 amide bonds. The lowest BCUT2D eigenvalue weighted by Gasteiger charge is -2.20. The molecule has 20 heavy (non-hydrogen) atoms. The Labute approximate surface area is 124 Å². The second-order valence-corrected chi connectivity index (χ2v) is 5.10. The van der Waals surface area contributed by atoms with E-state index in [1.807, 2.05) is 12.1 Å². The van der Waals surface area contributed by atoms with E-state index in [1.54, 1.807) is 24.5 Å². The molecule has 0 saturated heterocycles. The Hall–Kier alpha value is -1.45. The molecule has 2 aromatic rings. The van der Waals surface area contributed by atoms with Gasteiger partial charge < -0.3 is 5.32 Å². The van der Waals surface area contributed by atoms with Crippen LogP contribution in [0.5, 0.6) is 0 Å². The van der Waals surface area contributed by atoms with Gasteiger partial charge in [-0.15, -0.1) is 0 Å². The monoisotopic (exact) mass is 292 g/mol. The van der Waals surface area contributed by atoms with Gasteiger partial charge in [0.05, 0.1) is 0 Å². The smallest absolute Gasteiger partial charge is 0.127 e. The summed E-state index contributed by atoms with van der Waals surface area (Å²) in [7, 11) is 0. The van der Waals surface area contributed by atoms with E-state index in [0.717, 1.165) is 18.5 Å². The van der Waals surface area contributed by atoms with Gasteiger partial charge in [0.25, 0.3) is 0 Å². The highest BCUT2D eigenvalue weighted by atomic mass is 35.5. The van der Waals surface area contributed by atoms with E-state index in [1.165, 1.54) is 6.07 Å². The summed E-state index contributed by atoms with van der Waals surface area (Å²) in [4.78, 5) is 4.02. The lowest BCUT2D eigenvalue weighted by Crippen LogP contribution is -2.24. The fourth-order valence-electron chi connectivity index (χ4n) is 2.15. The molecule has 4 heteroatoms. The minimum atomic E-state index is -0.255. The molecule has 106 valence electrons. The number of pyridine rings is 1. The van der Waals surface area contributed by atoms with E-state index >= 15 is 0 Å². The van der Waals surface area contributed by atoms with Crippen LogP contribution in [0.4, 0.5) is 4.39 Å². The molecule has 0 saturated carbocycles. The van der Waals surface area contributed by atoms with Gasteiger partial charge in [-0.05, 0) is 49.2 Å². The Kier molecular flexibility index (Phi) is 5.50. The summed E-state index contributed by atoms with van der Waals surface area (Å²) in [6.07, 6.45) is 5.04. The molecule has 2 rings (SSSR count). The van der Waals surface area contributed by atoms with E-state index in [0.29, 0.717) is 17.0 Å². The standard InChI is InChI=1S/C16H18ClFN2/c1-2-8-20-16(12-6-9-19-10-7-12)11-13-14(17)4-3-5-15(13)18/h3-7,9-10,16,20H,2,8,11H2,1H3. The molecule has 1 unspecified atom stereocenters. The molecule has 0 bridgehead atoms. The molecule has 0 radical (unpaired) electrons. The predicted molar refractivity (Wildman–Crippen MR) is 80.4 cm³/mol. The molecular formula is C16H18ClFN2. The summed E-state index contributed by atoms with van der Waals surface area (Å²) < 4.78 is 13.9. The molecule has 1 heterocycles. The van der Waals surface area contributed by atoms with Crippen LogP contribution in [0, 0.1) is 5.82 Å². The molecule has 0 fully saturated rings. The molecule has 0 aliphatic carbocycles. The van der Waals surface area contributed by atoms with Crippen LogP contribution in [0.3, 0.4) is 0 Å². The molecule has 1 N–H and O–H groups in total. The van der Waals surface area contributed by atoms with Crippen LogP contribution in [-0.2, 0) is 6.42 Å². The van der Waals surface area contributed by atoms with E-state index < -0.39 is 0 Å². The van der Waals surface area contributed by atoms with Crippen molar-refractivity contribution in [1.29, 1.82) is 0 Å². The zero-order valence-corrected chi connectivity index (χ0v) is 12.2. The number of hydrogen-bond acceptors (Lipinski definition) is 2. The number of benzene rings is 1. The molecule has 0 spiro atoms. The third-order valence-electron chi connectivity index (χ3n) is 3.22. The largest absolute Gasteiger partial charge is 0.310 e. The average Bonchev–Trinajstić information content (AvgIpc) is 2.47. The van der Waals surface area contributed by atoms with Gasteiger partial charge in [-0.25, -0.2) is 4.39 Å². The maximum absolute atomic E-state index is 13.9. The van der Waals surface area contributed by atoms with Crippen molar-refractivity contribution in [2.75, 3.05) is 6.54 Å². The number of halogens is 2. The summed E-state index contributed by atoms with van der Waals surface area (Å²) >= 11 is 6.11. The summed E-state index contributed by atoms with van der Waals surface area (Å²) in [5.41, 5.74) is 1.65. The van der Waals surface area contributed by atoms with Crippen LogP contribution in [0.1, 0.15) is 30.5 Å². The first-order chi connectivity index (χ1) is 9.72. The predicted octanol–water partition coefficient (Wildman–Crippen LogP) is 4.16. The van der Waals surface area contributed by atoms with Crippen molar-refractivity contribution in [1.82, 2.24) is 10.3 Å². The summed E-state index contributed by atoms with van der Waals surface area (Å²) in [5.74, 6) is -0.255. The first-order valence-corrected chi connectivity index (χ1v) is 7.16. The van der Waals surface area contributed by atoms with Gasteiger partial charge in [0.1, 0.15) is 5.82 Å². The Morgan fingerprint density at radius 3 is 2.65 bits per heavy atom. The Bertz CT molecular complexity index is 525. The highest BCUT2D eigenvalue weighted by Crippen LogP contribution is 2.25. The van der Waals surface area contributed by atoms with Gasteiger partial charge in [-0.2, -0.15) is 0 Å². The quantitative estimate of drug-likeness (QED) is 0.865. The summed E-state index contributed by atoms with van der Waals surface area (Å²) in [5, 5.41) is 3.91. The normalized spacial score (nSPS) is 12.3. The van der Waals surface area contributed by atoms with Gasteiger partial charge in [-0.1, -0.05) is 24.6 Å².